The summed E-state index contributed by atoms with van der Waals surface area (Å²) in [5.41, 5.74) is 2.85. The van der Waals surface area contributed by atoms with Crippen molar-refractivity contribution >= 4 is 23.6 Å². The van der Waals surface area contributed by atoms with E-state index < -0.39 is 0 Å². The summed E-state index contributed by atoms with van der Waals surface area (Å²) in [7, 11) is 0. The molecule has 0 radical (unpaired) electrons. The first-order valence-corrected chi connectivity index (χ1v) is 9.11. The largest absolute Gasteiger partial charge is 0.343 e. The Labute approximate surface area is 154 Å². The number of nitrogens with one attached hydrogen (secondary N) is 1. The predicted molar refractivity (Wildman–Crippen MR) is 105 cm³/mol. The molecule has 0 spiro atoms. The zero-order valence-electron chi connectivity index (χ0n) is 14.9. The molecular weight excluding hydrogens is 324 g/mol. The van der Waals surface area contributed by atoms with E-state index in [2.05, 4.69) is 5.32 Å². The molecule has 2 aromatic carbocycles. The van der Waals surface area contributed by atoms with Crippen molar-refractivity contribution in [1.82, 2.24) is 4.90 Å². The molecule has 1 fully saturated rings. The molecule has 3 rings (SSSR count). The second-order valence-corrected chi connectivity index (χ2v) is 6.52. The molecule has 0 unspecified atom stereocenters. The van der Waals surface area contributed by atoms with Gasteiger partial charge in [-0.25, -0.2) is 0 Å². The van der Waals surface area contributed by atoms with Gasteiger partial charge in [0.15, 0.2) is 0 Å². The third-order valence-corrected chi connectivity index (χ3v) is 4.53. The highest BCUT2D eigenvalue weighted by molar-refractivity contribution is 6.01. The van der Waals surface area contributed by atoms with Gasteiger partial charge in [0.05, 0.1) is 0 Å². The van der Waals surface area contributed by atoms with Crippen LogP contribution in [0.15, 0.2) is 60.7 Å². The van der Waals surface area contributed by atoms with Crippen molar-refractivity contribution in [2.45, 2.75) is 25.7 Å². The number of carbonyl (C=O) groups excluding carboxylic acids is 2. The fourth-order valence-electron chi connectivity index (χ4n) is 3.05. The van der Waals surface area contributed by atoms with Crippen LogP contribution in [0, 0.1) is 0 Å². The fourth-order valence-corrected chi connectivity index (χ4v) is 3.05. The van der Waals surface area contributed by atoms with Crippen molar-refractivity contribution < 1.29 is 9.59 Å². The van der Waals surface area contributed by atoms with Crippen molar-refractivity contribution in [3.63, 3.8) is 0 Å². The second-order valence-electron chi connectivity index (χ2n) is 6.52. The first kappa shape index (κ1) is 17.9. The summed E-state index contributed by atoms with van der Waals surface area (Å²) < 4.78 is 0. The van der Waals surface area contributed by atoms with Gasteiger partial charge in [-0.05, 0) is 48.6 Å². The van der Waals surface area contributed by atoms with Gasteiger partial charge in [-0.3, -0.25) is 9.59 Å². The number of amides is 2. The lowest BCUT2D eigenvalue weighted by Crippen LogP contribution is -2.27. The summed E-state index contributed by atoms with van der Waals surface area (Å²) in [6.45, 7) is 1.81. The van der Waals surface area contributed by atoms with Gasteiger partial charge >= 0.3 is 0 Å². The molecule has 1 heterocycles. The maximum absolute atomic E-state index is 12.1. The number of anilines is 1. The summed E-state index contributed by atoms with van der Waals surface area (Å²) in [6, 6.07) is 17.4. The van der Waals surface area contributed by atoms with Crippen LogP contribution in [0.3, 0.4) is 0 Å². The topological polar surface area (TPSA) is 49.4 Å². The van der Waals surface area contributed by atoms with E-state index in [0.29, 0.717) is 6.42 Å². The van der Waals surface area contributed by atoms with E-state index in [-0.39, 0.29) is 11.8 Å². The normalized spacial score (nSPS) is 13.9. The Morgan fingerprint density at radius 2 is 1.65 bits per heavy atom. The number of likely N-dealkylation sites (tertiary alicyclic amines) is 1. The van der Waals surface area contributed by atoms with Crippen LogP contribution in [0.4, 0.5) is 5.69 Å². The zero-order chi connectivity index (χ0) is 18.2. The molecule has 1 aliphatic rings. The number of benzene rings is 2. The zero-order valence-corrected chi connectivity index (χ0v) is 14.9. The second kappa shape index (κ2) is 8.99. The molecule has 1 N–H and O–H groups in total. The molecule has 1 saturated heterocycles. The number of carbonyl (C=O) groups is 2. The highest BCUT2D eigenvalue weighted by atomic mass is 16.2. The maximum Gasteiger partial charge on any atom is 0.248 e. The minimum absolute atomic E-state index is 0.161. The van der Waals surface area contributed by atoms with Crippen LogP contribution in [0.2, 0.25) is 0 Å². The SMILES string of the molecule is O=C(/C=C/c1ccccc1)Nc1ccc(CCC(=O)N2CCCC2)cc1. The van der Waals surface area contributed by atoms with Crippen LogP contribution in [-0.2, 0) is 16.0 Å². The molecule has 4 nitrogen and oxygen atoms in total. The highest BCUT2D eigenvalue weighted by Crippen LogP contribution is 2.14. The van der Waals surface area contributed by atoms with Gasteiger partial charge in [0.1, 0.15) is 0 Å². The van der Waals surface area contributed by atoms with E-state index in [0.717, 1.165) is 49.2 Å². The summed E-state index contributed by atoms with van der Waals surface area (Å²) in [5, 5.41) is 2.85. The quantitative estimate of drug-likeness (QED) is 0.805. The minimum Gasteiger partial charge on any atom is -0.343 e. The standard InChI is InChI=1S/C22H24N2O2/c25-21(14-10-18-6-2-1-3-7-18)23-20-12-8-19(9-13-20)11-15-22(26)24-16-4-5-17-24/h1-3,6-10,12-14H,4-5,11,15-17H2,(H,23,25)/b14-10+. The van der Waals surface area contributed by atoms with Gasteiger partial charge in [-0.15, -0.1) is 0 Å². The van der Waals surface area contributed by atoms with Crippen molar-refractivity contribution in [2.75, 3.05) is 18.4 Å². The third kappa shape index (κ3) is 5.31. The summed E-state index contributed by atoms with van der Waals surface area (Å²) >= 11 is 0. The van der Waals surface area contributed by atoms with E-state index in [1.54, 1.807) is 6.08 Å². The lowest BCUT2D eigenvalue weighted by Gasteiger charge is -2.14. The number of rotatable bonds is 6. The number of hydrogen-bond acceptors (Lipinski definition) is 2. The van der Waals surface area contributed by atoms with Gasteiger partial charge in [-0.1, -0.05) is 42.5 Å². The van der Waals surface area contributed by atoms with E-state index >= 15 is 0 Å². The predicted octanol–water partition coefficient (Wildman–Crippen LogP) is 3.89. The highest BCUT2D eigenvalue weighted by Gasteiger charge is 2.17. The average molecular weight is 348 g/mol. The first-order valence-electron chi connectivity index (χ1n) is 9.11. The molecule has 134 valence electrons. The molecule has 0 aliphatic carbocycles. The molecule has 0 bridgehead atoms. The number of hydrogen-bond donors (Lipinski definition) is 1. The Hall–Kier alpha value is -2.88. The van der Waals surface area contributed by atoms with Gasteiger partial charge in [0.2, 0.25) is 11.8 Å². The van der Waals surface area contributed by atoms with Crippen LogP contribution in [-0.4, -0.2) is 29.8 Å². The van der Waals surface area contributed by atoms with Crippen LogP contribution in [0.25, 0.3) is 6.08 Å². The van der Waals surface area contributed by atoms with E-state index in [1.165, 1.54) is 6.08 Å². The molecule has 26 heavy (non-hydrogen) atoms. The Bertz CT molecular complexity index is 760. The smallest absolute Gasteiger partial charge is 0.248 e. The molecule has 2 aromatic rings. The van der Waals surface area contributed by atoms with Gasteiger partial charge in [0, 0.05) is 31.3 Å². The number of aryl methyl sites for hydroxylation is 1. The lowest BCUT2D eigenvalue weighted by molar-refractivity contribution is -0.130. The van der Waals surface area contributed by atoms with Crippen LogP contribution in [0.1, 0.15) is 30.4 Å². The van der Waals surface area contributed by atoms with Crippen molar-refractivity contribution in [1.29, 1.82) is 0 Å². The fraction of sp³-hybridized carbons (Fsp3) is 0.273. The van der Waals surface area contributed by atoms with Crippen molar-refractivity contribution in [3.8, 4) is 0 Å². The van der Waals surface area contributed by atoms with Crippen molar-refractivity contribution in [3.05, 3.63) is 71.8 Å². The first-order chi connectivity index (χ1) is 12.7. The molecule has 0 atom stereocenters. The third-order valence-electron chi connectivity index (χ3n) is 4.53. The Morgan fingerprint density at radius 3 is 2.35 bits per heavy atom. The van der Waals surface area contributed by atoms with Gasteiger partial charge in [-0.2, -0.15) is 0 Å². The van der Waals surface area contributed by atoms with Crippen LogP contribution >= 0.6 is 0 Å². The summed E-state index contributed by atoms with van der Waals surface area (Å²) in [4.78, 5) is 26.0. The molecular formula is C22H24N2O2. The summed E-state index contributed by atoms with van der Waals surface area (Å²) in [6.07, 6.45) is 6.84. The molecule has 4 heteroatoms. The van der Waals surface area contributed by atoms with E-state index in [9.17, 15) is 9.59 Å². The average Bonchev–Trinajstić information content (AvgIpc) is 3.21. The van der Waals surface area contributed by atoms with Gasteiger partial charge in [0.25, 0.3) is 0 Å². The molecule has 1 aliphatic heterocycles. The molecule has 2 amide bonds. The Morgan fingerprint density at radius 1 is 0.962 bits per heavy atom. The minimum atomic E-state index is -0.161. The Balaban J connectivity index is 1.47. The molecule has 0 saturated carbocycles. The maximum atomic E-state index is 12.1. The van der Waals surface area contributed by atoms with E-state index in [1.807, 2.05) is 59.5 Å². The van der Waals surface area contributed by atoms with Gasteiger partial charge < -0.3 is 10.2 Å². The molecule has 0 aromatic heterocycles. The lowest BCUT2D eigenvalue weighted by atomic mass is 10.1. The Kier molecular flexibility index (Phi) is 6.20. The van der Waals surface area contributed by atoms with Crippen molar-refractivity contribution in [2.24, 2.45) is 0 Å². The number of nitrogens with zero attached hydrogens (tertiary/aromatic N) is 1. The van der Waals surface area contributed by atoms with Crippen LogP contribution in [0.5, 0.6) is 0 Å². The monoisotopic (exact) mass is 348 g/mol. The summed E-state index contributed by atoms with van der Waals surface area (Å²) in [5.74, 6) is 0.0803. The van der Waals surface area contributed by atoms with Crippen LogP contribution < -0.4 is 5.32 Å². The van der Waals surface area contributed by atoms with E-state index in [4.69, 9.17) is 0 Å².